The van der Waals surface area contributed by atoms with Gasteiger partial charge in [0.2, 0.25) is 5.91 Å². The van der Waals surface area contributed by atoms with E-state index in [1.807, 2.05) is 11.8 Å². The van der Waals surface area contributed by atoms with Gasteiger partial charge in [0.1, 0.15) is 5.75 Å². The number of aliphatic imine (C=N–C) groups is 1. The number of hydrogen-bond acceptors (Lipinski definition) is 4. The molecule has 164 valence electrons. The number of guanidine groups is 1. The van der Waals surface area contributed by atoms with Gasteiger partial charge in [0.15, 0.2) is 5.96 Å². The van der Waals surface area contributed by atoms with Gasteiger partial charge in [0.05, 0.1) is 6.54 Å². The van der Waals surface area contributed by atoms with E-state index < -0.39 is 6.61 Å². The maximum atomic E-state index is 12.5. The summed E-state index contributed by atoms with van der Waals surface area (Å²) < 4.78 is 29.6. The second kappa shape index (κ2) is 13.5. The number of carbonyl (C=O) groups excluding carboxylic acids is 1. The molecule has 1 heterocycles. The van der Waals surface area contributed by atoms with Crippen LogP contribution in [-0.4, -0.2) is 74.1 Å². The van der Waals surface area contributed by atoms with E-state index in [9.17, 15) is 13.6 Å². The molecule has 0 aromatic heterocycles. The lowest BCUT2D eigenvalue weighted by Crippen LogP contribution is -2.50. The fraction of sp³-hybridized carbons (Fsp3) is 0.579. The second-order valence-corrected chi connectivity index (χ2v) is 6.46. The van der Waals surface area contributed by atoms with Crippen molar-refractivity contribution in [3.05, 3.63) is 29.8 Å². The molecule has 1 aliphatic heterocycles. The van der Waals surface area contributed by atoms with E-state index in [-0.39, 0.29) is 42.2 Å². The summed E-state index contributed by atoms with van der Waals surface area (Å²) >= 11 is 0. The molecule has 0 radical (unpaired) electrons. The molecule has 0 atom stereocenters. The van der Waals surface area contributed by atoms with Gasteiger partial charge in [0, 0.05) is 58.3 Å². The summed E-state index contributed by atoms with van der Waals surface area (Å²) in [5.41, 5.74) is 0.598. The summed E-state index contributed by atoms with van der Waals surface area (Å²) in [6.45, 7) is 6.37. The highest BCUT2D eigenvalue weighted by molar-refractivity contribution is 14.0. The van der Waals surface area contributed by atoms with Crippen LogP contribution in [0.2, 0.25) is 0 Å². The number of amides is 1. The molecule has 7 nitrogen and oxygen atoms in total. The summed E-state index contributed by atoms with van der Waals surface area (Å²) in [6.07, 6.45) is 0. The number of halogens is 3. The topological polar surface area (TPSA) is 69.2 Å². The Labute approximate surface area is 187 Å². The van der Waals surface area contributed by atoms with Crippen LogP contribution in [0.3, 0.4) is 0 Å². The van der Waals surface area contributed by atoms with Crippen LogP contribution in [0.1, 0.15) is 19.4 Å². The molecule has 2 N–H and O–H groups in total. The van der Waals surface area contributed by atoms with Gasteiger partial charge in [-0.25, -0.2) is 4.99 Å². The Bertz CT molecular complexity index is 655. The second-order valence-electron chi connectivity index (χ2n) is 6.46. The highest BCUT2D eigenvalue weighted by atomic mass is 127. The van der Waals surface area contributed by atoms with Gasteiger partial charge >= 0.3 is 6.61 Å². The van der Waals surface area contributed by atoms with Gasteiger partial charge in [-0.05, 0) is 13.0 Å². The van der Waals surface area contributed by atoms with Crippen LogP contribution >= 0.6 is 24.0 Å². The molecular formula is C19H30F2IN5O2. The minimum atomic E-state index is -2.86. The number of para-hydroxylation sites is 1. The zero-order chi connectivity index (χ0) is 20.4. The minimum Gasteiger partial charge on any atom is -0.434 e. The van der Waals surface area contributed by atoms with E-state index in [1.165, 1.54) is 6.07 Å². The molecule has 1 aliphatic rings. The highest BCUT2D eigenvalue weighted by Gasteiger charge is 2.18. The van der Waals surface area contributed by atoms with Crippen molar-refractivity contribution in [2.24, 2.45) is 4.99 Å². The Morgan fingerprint density at radius 3 is 2.52 bits per heavy atom. The van der Waals surface area contributed by atoms with Crippen LogP contribution in [0.4, 0.5) is 8.78 Å². The fourth-order valence-electron chi connectivity index (χ4n) is 2.97. The summed E-state index contributed by atoms with van der Waals surface area (Å²) in [5.74, 6) is 0.882. The first-order valence-electron chi connectivity index (χ1n) is 9.52. The van der Waals surface area contributed by atoms with E-state index in [2.05, 4.69) is 25.3 Å². The number of carbonyl (C=O) groups is 1. The van der Waals surface area contributed by atoms with Crippen LogP contribution < -0.4 is 15.4 Å². The molecular weight excluding hydrogens is 495 g/mol. The minimum absolute atomic E-state index is 0. The van der Waals surface area contributed by atoms with Crippen molar-refractivity contribution < 1.29 is 18.3 Å². The van der Waals surface area contributed by atoms with Crippen molar-refractivity contribution in [3.63, 3.8) is 0 Å². The Kier molecular flexibility index (Phi) is 11.8. The lowest BCUT2D eigenvalue weighted by molar-refractivity contribution is -0.130. The number of hydrogen-bond donors (Lipinski definition) is 2. The van der Waals surface area contributed by atoms with Crippen molar-refractivity contribution in [2.75, 3.05) is 45.8 Å². The van der Waals surface area contributed by atoms with Gasteiger partial charge in [-0.2, -0.15) is 8.78 Å². The summed E-state index contributed by atoms with van der Waals surface area (Å²) in [4.78, 5) is 20.0. The van der Waals surface area contributed by atoms with Gasteiger partial charge < -0.3 is 20.3 Å². The molecule has 1 aromatic carbocycles. The van der Waals surface area contributed by atoms with Crippen LogP contribution in [0.25, 0.3) is 0 Å². The number of nitrogens with one attached hydrogen (secondary N) is 2. The zero-order valence-electron chi connectivity index (χ0n) is 16.9. The first-order valence-corrected chi connectivity index (χ1v) is 9.52. The number of piperazine rings is 1. The molecule has 2 rings (SSSR count). The number of ether oxygens (including phenoxy) is 1. The summed E-state index contributed by atoms with van der Waals surface area (Å²) in [7, 11) is 0. The van der Waals surface area contributed by atoms with Crippen LogP contribution in [0.15, 0.2) is 29.3 Å². The number of alkyl halides is 2. The largest absolute Gasteiger partial charge is 0.434 e. The van der Waals surface area contributed by atoms with Gasteiger partial charge in [-0.1, -0.05) is 18.2 Å². The highest BCUT2D eigenvalue weighted by Crippen LogP contribution is 2.20. The smallest absolute Gasteiger partial charge is 0.387 e. The molecule has 1 saturated heterocycles. The zero-order valence-corrected chi connectivity index (χ0v) is 19.2. The van der Waals surface area contributed by atoms with E-state index in [4.69, 9.17) is 0 Å². The van der Waals surface area contributed by atoms with E-state index in [0.717, 1.165) is 32.7 Å². The molecule has 0 saturated carbocycles. The fourth-order valence-corrected chi connectivity index (χ4v) is 2.97. The lowest BCUT2D eigenvalue weighted by atomic mass is 10.2. The Balaban J connectivity index is 0.00000420. The first-order chi connectivity index (χ1) is 13.5. The van der Waals surface area contributed by atoms with E-state index in [1.54, 1.807) is 25.1 Å². The van der Waals surface area contributed by atoms with Crippen molar-refractivity contribution in [2.45, 2.75) is 27.0 Å². The molecule has 0 spiro atoms. The molecule has 10 heteroatoms. The third-order valence-corrected chi connectivity index (χ3v) is 4.48. The van der Waals surface area contributed by atoms with Crippen molar-refractivity contribution in [1.82, 2.24) is 20.4 Å². The normalized spacial score (nSPS) is 15.1. The molecule has 1 fully saturated rings. The predicted molar refractivity (Wildman–Crippen MR) is 120 cm³/mol. The van der Waals surface area contributed by atoms with Crippen molar-refractivity contribution in [3.8, 4) is 5.75 Å². The quantitative estimate of drug-likeness (QED) is 0.309. The SMILES string of the molecule is CCNC(=NCc1ccccc1OC(F)F)NCCN1CCN(C(C)=O)CC1.I. The monoisotopic (exact) mass is 525 g/mol. The average Bonchev–Trinajstić information content (AvgIpc) is 2.67. The van der Waals surface area contributed by atoms with Gasteiger partial charge in [0.25, 0.3) is 0 Å². The standard InChI is InChI=1S/C19H29F2N5O2.HI/c1-3-22-19(23-8-9-25-10-12-26(13-11-25)15(2)27)24-14-16-6-4-5-7-17(16)28-18(20)21;/h4-7,18H,3,8-14H2,1-2H3,(H2,22,23,24);1H. The number of rotatable bonds is 8. The van der Waals surface area contributed by atoms with Crippen LogP contribution in [0, 0.1) is 0 Å². The van der Waals surface area contributed by atoms with Crippen LogP contribution in [-0.2, 0) is 11.3 Å². The molecule has 0 unspecified atom stereocenters. The molecule has 1 amide bonds. The maximum Gasteiger partial charge on any atom is 0.387 e. The summed E-state index contributed by atoms with van der Waals surface area (Å²) in [6, 6.07) is 6.65. The Hall–Kier alpha value is -1.69. The molecule has 0 bridgehead atoms. The Morgan fingerprint density at radius 2 is 1.90 bits per heavy atom. The third-order valence-electron chi connectivity index (χ3n) is 4.48. The molecule has 1 aromatic rings. The van der Waals surface area contributed by atoms with Crippen LogP contribution in [0.5, 0.6) is 5.75 Å². The predicted octanol–water partition coefficient (Wildman–Crippen LogP) is 2.13. The average molecular weight is 525 g/mol. The molecule has 0 aliphatic carbocycles. The first kappa shape index (κ1) is 25.3. The lowest BCUT2D eigenvalue weighted by Gasteiger charge is -2.34. The maximum absolute atomic E-state index is 12.5. The van der Waals surface area contributed by atoms with E-state index >= 15 is 0 Å². The Morgan fingerprint density at radius 1 is 1.21 bits per heavy atom. The van der Waals surface area contributed by atoms with Crippen molar-refractivity contribution in [1.29, 1.82) is 0 Å². The third kappa shape index (κ3) is 9.11. The van der Waals surface area contributed by atoms with Gasteiger partial charge in [-0.15, -0.1) is 24.0 Å². The van der Waals surface area contributed by atoms with Gasteiger partial charge in [-0.3, -0.25) is 9.69 Å². The molecule has 29 heavy (non-hydrogen) atoms. The van der Waals surface area contributed by atoms with E-state index in [0.29, 0.717) is 24.6 Å². The summed E-state index contributed by atoms with van der Waals surface area (Å²) in [5, 5.41) is 6.41. The number of nitrogens with zero attached hydrogens (tertiary/aromatic N) is 3. The number of benzene rings is 1. The van der Waals surface area contributed by atoms with Crippen molar-refractivity contribution >= 4 is 35.8 Å².